The fraction of sp³-hybridized carbons (Fsp3) is 0.333. The number of thiazole rings is 1. The van der Waals surface area contributed by atoms with Gasteiger partial charge >= 0.3 is 5.97 Å². The number of hydrogen-bond donors (Lipinski definition) is 0. The zero-order chi connectivity index (χ0) is 13.7. The van der Waals surface area contributed by atoms with Crippen LogP contribution in [-0.2, 0) is 16.0 Å². The lowest BCUT2D eigenvalue weighted by Gasteiger charge is -1.98. The fourth-order valence-electron chi connectivity index (χ4n) is 1.41. The molecule has 0 saturated heterocycles. The maximum Gasteiger partial charge on any atom is 0.311 e. The predicted molar refractivity (Wildman–Crippen MR) is 70.0 cm³/mol. The van der Waals surface area contributed by atoms with Gasteiger partial charge in [0.1, 0.15) is 10.7 Å². The van der Waals surface area contributed by atoms with Gasteiger partial charge in [0, 0.05) is 11.4 Å². The van der Waals surface area contributed by atoms with Crippen LogP contribution in [0.1, 0.15) is 12.6 Å². The monoisotopic (exact) mass is 279 g/mol. The van der Waals surface area contributed by atoms with Crippen molar-refractivity contribution in [1.29, 1.82) is 0 Å². The van der Waals surface area contributed by atoms with Crippen molar-refractivity contribution in [2.45, 2.75) is 13.3 Å². The molecule has 100 valence electrons. The number of esters is 1. The second kappa shape index (κ2) is 6.24. The molecule has 0 aromatic carbocycles. The summed E-state index contributed by atoms with van der Waals surface area (Å²) in [7, 11) is 1.53. The van der Waals surface area contributed by atoms with Gasteiger partial charge in [-0.2, -0.15) is 0 Å². The van der Waals surface area contributed by atoms with Crippen LogP contribution in [-0.4, -0.2) is 34.9 Å². The number of methoxy groups -OCH3 is 1. The number of hydrogen-bond acceptors (Lipinski definition) is 7. The van der Waals surface area contributed by atoms with Gasteiger partial charge in [0.25, 0.3) is 0 Å². The van der Waals surface area contributed by atoms with E-state index in [2.05, 4.69) is 15.2 Å². The molecule has 19 heavy (non-hydrogen) atoms. The molecule has 0 bridgehead atoms. The van der Waals surface area contributed by atoms with E-state index >= 15 is 0 Å². The third kappa shape index (κ3) is 3.47. The second-order valence-electron chi connectivity index (χ2n) is 3.59. The number of ether oxygens (including phenoxy) is 2. The number of rotatable bonds is 5. The molecule has 0 aliphatic carbocycles. The second-order valence-corrected chi connectivity index (χ2v) is 4.44. The fourth-order valence-corrected chi connectivity index (χ4v) is 2.19. The molecule has 0 aliphatic heterocycles. The maximum absolute atomic E-state index is 11.3. The van der Waals surface area contributed by atoms with Crippen molar-refractivity contribution in [2.24, 2.45) is 0 Å². The first-order valence-corrected chi connectivity index (χ1v) is 6.59. The van der Waals surface area contributed by atoms with Crippen molar-refractivity contribution in [2.75, 3.05) is 13.7 Å². The van der Waals surface area contributed by atoms with Crippen molar-refractivity contribution < 1.29 is 14.3 Å². The van der Waals surface area contributed by atoms with Crippen molar-refractivity contribution >= 4 is 17.3 Å². The van der Waals surface area contributed by atoms with E-state index in [-0.39, 0.29) is 12.4 Å². The third-order valence-corrected chi connectivity index (χ3v) is 3.16. The van der Waals surface area contributed by atoms with Gasteiger partial charge in [-0.15, -0.1) is 21.5 Å². The van der Waals surface area contributed by atoms with Gasteiger partial charge in [0.15, 0.2) is 0 Å². The largest absolute Gasteiger partial charge is 0.480 e. The summed E-state index contributed by atoms with van der Waals surface area (Å²) in [6.45, 7) is 2.15. The Morgan fingerprint density at radius 3 is 2.84 bits per heavy atom. The van der Waals surface area contributed by atoms with Crippen LogP contribution in [0.2, 0.25) is 0 Å². The molecule has 0 amide bonds. The van der Waals surface area contributed by atoms with Crippen LogP contribution in [0.3, 0.4) is 0 Å². The van der Waals surface area contributed by atoms with Gasteiger partial charge in [-0.05, 0) is 13.0 Å². The minimum absolute atomic E-state index is 0.175. The highest BCUT2D eigenvalue weighted by molar-refractivity contribution is 7.13. The zero-order valence-electron chi connectivity index (χ0n) is 10.6. The topological polar surface area (TPSA) is 74.2 Å². The van der Waals surface area contributed by atoms with Crippen molar-refractivity contribution in [3.8, 4) is 16.6 Å². The van der Waals surface area contributed by atoms with E-state index in [0.717, 1.165) is 5.01 Å². The summed E-state index contributed by atoms with van der Waals surface area (Å²) < 4.78 is 9.81. The highest BCUT2D eigenvalue weighted by Gasteiger charge is 2.10. The lowest BCUT2D eigenvalue weighted by Crippen LogP contribution is -2.07. The molecule has 0 spiro atoms. The Bertz CT molecular complexity index is 554. The minimum Gasteiger partial charge on any atom is -0.480 e. The molecule has 7 heteroatoms. The quantitative estimate of drug-likeness (QED) is 0.776. The molecule has 0 radical (unpaired) electrons. The lowest BCUT2D eigenvalue weighted by molar-refractivity contribution is -0.142. The molecule has 6 nitrogen and oxygen atoms in total. The van der Waals surface area contributed by atoms with E-state index in [4.69, 9.17) is 9.47 Å². The van der Waals surface area contributed by atoms with Crippen molar-refractivity contribution in [1.82, 2.24) is 15.2 Å². The highest BCUT2D eigenvalue weighted by Crippen LogP contribution is 2.22. The van der Waals surface area contributed by atoms with E-state index in [9.17, 15) is 4.79 Å². The molecular formula is C12H13N3O3S. The van der Waals surface area contributed by atoms with Crippen LogP contribution >= 0.6 is 11.3 Å². The standard InChI is InChI=1S/C12H13N3O3S/c1-3-18-11(16)6-8-7-19-12(13-8)9-4-5-10(17-2)15-14-9/h4-5,7H,3,6H2,1-2H3. The number of carbonyl (C=O) groups is 1. The normalized spacial score (nSPS) is 10.2. The lowest BCUT2D eigenvalue weighted by atomic mass is 10.3. The number of nitrogens with zero attached hydrogens (tertiary/aromatic N) is 3. The molecule has 0 N–H and O–H groups in total. The Morgan fingerprint density at radius 1 is 1.37 bits per heavy atom. The van der Waals surface area contributed by atoms with Gasteiger partial charge in [0.2, 0.25) is 5.88 Å². The van der Waals surface area contributed by atoms with Gasteiger partial charge in [-0.1, -0.05) is 0 Å². The van der Waals surface area contributed by atoms with E-state index < -0.39 is 0 Å². The van der Waals surface area contributed by atoms with Crippen LogP contribution in [0, 0.1) is 0 Å². The van der Waals surface area contributed by atoms with Gasteiger partial charge in [-0.3, -0.25) is 4.79 Å². The Labute approximate surface area is 114 Å². The summed E-state index contributed by atoms with van der Waals surface area (Å²) in [4.78, 5) is 15.7. The van der Waals surface area contributed by atoms with Crippen LogP contribution in [0.4, 0.5) is 0 Å². The zero-order valence-corrected chi connectivity index (χ0v) is 11.4. The smallest absolute Gasteiger partial charge is 0.311 e. The van der Waals surface area contributed by atoms with Crippen LogP contribution in [0.5, 0.6) is 5.88 Å². The van der Waals surface area contributed by atoms with Crippen LogP contribution < -0.4 is 4.74 Å². The van der Waals surface area contributed by atoms with E-state index in [1.807, 2.05) is 5.38 Å². The molecule has 2 heterocycles. The molecule has 2 aromatic heterocycles. The van der Waals surface area contributed by atoms with Crippen molar-refractivity contribution in [3.63, 3.8) is 0 Å². The van der Waals surface area contributed by atoms with E-state index in [0.29, 0.717) is 23.9 Å². The summed E-state index contributed by atoms with van der Waals surface area (Å²) in [6, 6.07) is 3.49. The van der Waals surface area contributed by atoms with Crippen LogP contribution in [0.15, 0.2) is 17.5 Å². The summed E-state index contributed by atoms with van der Waals surface area (Å²) in [5.74, 6) is 0.173. The average molecular weight is 279 g/mol. The van der Waals surface area contributed by atoms with Crippen molar-refractivity contribution in [3.05, 3.63) is 23.2 Å². The summed E-state index contributed by atoms with van der Waals surface area (Å²) in [5.41, 5.74) is 1.33. The first-order valence-electron chi connectivity index (χ1n) is 5.71. The summed E-state index contributed by atoms with van der Waals surface area (Å²) >= 11 is 1.41. The third-order valence-electron chi connectivity index (χ3n) is 2.25. The van der Waals surface area contributed by atoms with Gasteiger partial charge < -0.3 is 9.47 Å². The number of aromatic nitrogens is 3. The SMILES string of the molecule is CCOC(=O)Cc1csc(-c2ccc(OC)nn2)n1. The Morgan fingerprint density at radius 2 is 2.21 bits per heavy atom. The average Bonchev–Trinajstić information content (AvgIpc) is 2.87. The molecule has 0 fully saturated rings. The minimum atomic E-state index is -0.278. The first kappa shape index (κ1) is 13.4. The summed E-state index contributed by atoms with van der Waals surface area (Å²) in [6.07, 6.45) is 0.175. The Kier molecular flexibility index (Phi) is 4.40. The summed E-state index contributed by atoms with van der Waals surface area (Å²) in [5, 5.41) is 10.4. The molecule has 2 aromatic rings. The van der Waals surface area contributed by atoms with Crippen LogP contribution in [0.25, 0.3) is 10.7 Å². The van der Waals surface area contributed by atoms with E-state index in [1.165, 1.54) is 18.4 Å². The van der Waals surface area contributed by atoms with E-state index in [1.54, 1.807) is 19.1 Å². The predicted octanol–water partition coefficient (Wildman–Crippen LogP) is 1.71. The molecular weight excluding hydrogens is 266 g/mol. The first-order chi connectivity index (χ1) is 9.22. The highest BCUT2D eigenvalue weighted by atomic mass is 32.1. The molecule has 2 rings (SSSR count). The Balaban J connectivity index is 2.09. The molecule has 0 saturated carbocycles. The number of carbonyl (C=O) groups excluding carboxylic acids is 1. The molecule has 0 aliphatic rings. The molecule has 0 atom stereocenters. The molecule has 0 unspecified atom stereocenters. The maximum atomic E-state index is 11.3. The van der Waals surface area contributed by atoms with Gasteiger partial charge in [0.05, 0.1) is 25.8 Å². The van der Waals surface area contributed by atoms with Gasteiger partial charge in [-0.25, -0.2) is 4.98 Å². The Hall–Kier alpha value is -2.02.